The normalized spacial score (nSPS) is 12.3. The van der Waals surface area contributed by atoms with Crippen molar-refractivity contribution in [1.82, 2.24) is 14.6 Å². The van der Waals surface area contributed by atoms with Gasteiger partial charge < -0.3 is 5.32 Å². The van der Waals surface area contributed by atoms with Crippen LogP contribution >= 0.6 is 0 Å². The Morgan fingerprint density at radius 1 is 1.35 bits per heavy atom. The monoisotopic (exact) mass is 248 g/mol. The van der Waals surface area contributed by atoms with Crippen LogP contribution in [0.5, 0.6) is 0 Å². The zero-order valence-corrected chi connectivity index (χ0v) is 8.45. The molecular formula is C9H8F4N4. The van der Waals surface area contributed by atoms with Gasteiger partial charge in [0.15, 0.2) is 5.65 Å². The number of hydrogen-bond acceptors (Lipinski definition) is 3. The number of alkyl halides is 4. The summed E-state index contributed by atoms with van der Waals surface area (Å²) >= 11 is 0. The Balaban J connectivity index is 2.08. The summed E-state index contributed by atoms with van der Waals surface area (Å²) < 4.78 is 50.5. The van der Waals surface area contributed by atoms with Gasteiger partial charge in [0, 0.05) is 12.3 Å². The summed E-state index contributed by atoms with van der Waals surface area (Å²) in [5.41, 5.74) is 0.440. The quantitative estimate of drug-likeness (QED) is 0.842. The Labute approximate surface area is 93.3 Å². The molecule has 0 aromatic carbocycles. The third-order valence-electron chi connectivity index (χ3n) is 2.08. The molecule has 0 fully saturated rings. The predicted octanol–water partition coefficient (Wildman–Crippen LogP) is 2.04. The molecule has 17 heavy (non-hydrogen) atoms. The van der Waals surface area contributed by atoms with E-state index < -0.39 is 18.9 Å². The molecule has 8 heteroatoms. The molecule has 2 heterocycles. The van der Waals surface area contributed by atoms with E-state index in [2.05, 4.69) is 15.4 Å². The van der Waals surface area contributed by atoms with Crippen LogP contribution in [0.15, 0.2) is 24.5 Å². The lowest BCUT2D eigenvalue weighted by Crippen LogP contribution is -2.35. The second-order valence-electron chi connectivity index (χ2n) is 3.36. The summed E-state index contributed by atoms with van der Waals surface area (Å²) in [5.74, 6) is -3.98. The van der Waals surface area contributed by atoms with Crippen molar-refractivity contribution in [1.29, 1.82) is 0 Å². The molecule has 0 spiro atoms. The van der Waals surface area contributed by atoms with E-state index in [4.69, 9.17) is 0 Å². The first-order chi connectivity index (χ1) is 7.99. The third kappa shape index (κ3) is 2.45. The first kappa shape index (κ1) is 11.6. The van der Waals surface area contributed by atoms with Crippen LogP contribution < -0.4 is 5.32 Å². The van der Waals surface area contributed by atoms with Crippen molar-refractivity contribution in [2.45, 2.75) is 12.3 Å². The Morgan fingerprint density at radius 2 is 2.12 bits per heavy atom. The molecule has 0 radical (unpaired) electrons. The summed E-state index contributed by atoms with van der Waals surface area (Å²) in [6.45, 7) is -1.16. The van der Waals surface area contributed by atoms with Crippen LogP contribution in [-0.4, -0.2) is 33.5 Å². The minimum absolute atomic E-state index is 0.0957. The van der Waals surface area contributed by atoms with Gasteiger partial charge in [-0.15, -0.1) is 0 Å². The standard InChI is InChI=1S/C9H8F4N4/c10-8(11)9(12,13)5-14-6-2-4-17-7(16-6)1-3-15-17/h1-4,8H,5H2,(H,14,16). The van der Waals surface area contributed by atoms with Crippen molar-refractivity contribution in [3.63, 3.8) is 0 Å². The van der Waals surface area contributed by atoms with Crippen LogP contribution in [-0.2, 0) is 0 Å². The highest BCUT2D eigenvalue weighted by atomic mass is 19.3. The summed E-state index contributed by atoms with van der Waals surface area (Å²) in [6.07, 6.45) is -0.723. The van der Waals surface area contributed by atoms with Gasteiger partial charge in [-0.2, -0.15) is 13.9 Å². The molecular weight excluding hydrogens is 240 g/mol. The Hall–Kier alpha value is -1.86. The number of aromatic nitrogens is 3. The van der Waals surface area contributed by atoms with Crippen molar-refractivity contribution in [3.8, 4) is 0 Å². The van der Waals surface area contributed by atoms with E-state index in [-0.39, 0.29) is 5.82 Å². The van der Waals surface area contributed by atoms with Crippen LogP contribution in [0.3, 0.4) is 0 Å². The first-order valence-electron chi connectivity index (χ1n) is 4.69. The maximum absolute atomic E-state index is 12.6. The number of halogens is 4. The smallest absolute Gasteiger partial charge is 0.324 e. The molecule has 0 atom stereocenters. The predicted molar refractivity (Wildman–Crippen MR) is 52.4 cm³/mol. The number of anilines is 1. The SMILES string of the molecule is FC(F)C(F)(F)CNc1ccn2nccc2n1. The van der Waals surface area contributed by atoms with E-state index in [0.29, 0.717) is 5.65 Å². The molecule has 2 aromatic rings. The molecule has 0 bridgehead atoms. The molecule has 0 aliphatic carbocycles. The van der Waals surface area contributed by atoms with E-state index in [1.165, 1.54) is 23.0 Å². The first-order valence-corrected chi connectivity index (χ1v) is 4.69. The highest BCUT2D eigenvalue weighted by Crippen LogP contribution is 2.22. The minimum Gasteiger partial charge on any atom is -0.364 e. The van der Waals surface area contributed by atoms with Crippen LogP contribution in [0.2, 0.25) is 0 Å². The lowest BCUT2D eigenvalue weighted by atomic mass is 10.3. The van der Waals surface area contributed by atoms with Crippen molar-refractivity contribution < 1.29 is 17.6 Å². The van der Waals surface area contributed by atoms with Crippen molar-refractivity contribution >= 4 is 11.5 Å². The van der Waals surface area contributed by atoms with Gasteiger partial charge in [0.1, 0.15) is 5.82 Å². The highest BCUT2D eigenvalue weighted by Gasteiger charge is 2.40. The summed E-state index contributed by atoms with van der Waals surface area (Å²) in [6, 6.07) is 2.94. The Bertz CT molecular complexity index is 510. The van der Waals surface area contributed by atoms with Crippen molar-refractivity contribution in [3.05, 3.63) is 24.5 Å². The maximum atomic E-state index is 12.6. The fourth-order valence-corrected chi connectivity index (χ4v) is 1.20. The molecule has 0 unspecified atom stereocenters. The zero-order chi connectivity index (χ0) is 12.5. The molecule has 2 rings (SSSR count). The largest absolute Gasteiger partial charge is 0.364 e. The van der Waals surface area contributed by atoms with Crippen LogP contribution in [0.25, 0.3) is 5.65 Å². The molecule has 0 aliphatic rings. The van der Waals surface area contributed by atoms with Crippen LogP contribution in [0.1, 0.15) is 0 Å². The average Bonchev–Trinajstić information content (AvgIpc) is 2.73. The molecule has 92 valence electrons. The van der Waals surface area contributed by atoms with Crippen molar-refractivity contribution in [2.75, 3.05) is 11.9 Å². The van der Waals surface area contributed by atoms with E-state index in [9.17, 15) is 17.6 Å². The summed E-state index contributed by atoms with van der Waals surface area (Å²) in [5, 5.41) is 6.02. The van der Waals surface area contributed by atoms with Gasteiger partial charge in [-0.1, -0.05) is 0 Å². The van der Waals surface area contributed by atoms with E-state index >= 15 is 0 Å². The van der Waals surface area contributed by atoms with E-state index in [1.807, 2.05) is 0 Å². The molecule has 0 saturated carbocycles. The van der Waals surface area contributed by atoms with Crippen LogP contribution in [0, 0.1) is 0 Å². The van der Waals surface area contributed by atoms with Gasteiger partial charge >= 0.3 is 12.3 Å². The van der Waals surface area contributed by atoms with Gasteiger partial charge in [0.25, 0.3) is 0 Å². The number of nitrogens with zero attached hydrogens (tertiary/aromatic N) is 3. The topological polar surface area (TPSA) is 42.2 Å². The van der Waals surface area contributed by atoms with Crippen LogP contribution in [0.4, 0.5) is 23.4 Å². The van der Waals surface area contributed by atoms with E-state index in [0.717, 1.165) is 0 Å². The molecule has 2 aromatic heterocycles. The lowest BCUT2D eigenvalue weighted by molar-refractivity contribution is -0.117. The van der Waals surface area contributed by atoms with Gasteiger partial charge in [-0.05, 0) is 6.07 Å². The Morgan fingerprint density at radius 3 is 2.82 bits per heavy atom. The van der Waals surface area contributed by atoms with Gasteiger partial charge in [-0.25, -0.2) is 18.3 Å². The average molecular weight is 248 g/mol. The van der Waals surface area contributed by atoms with Gasteiger partial charge in [-0.3, -0.25) is 0 Å². The fraction of sp³-hybridized carbons (Fsp3) is 0.333. The molecule has 0 aliphatic heterocycles. The summed E-state index contributed by atoms with van der Waals surface area (Å²) in [4.78, 5) is 3.91. The maximum Gasteiger partial charge on any atom is 0.324 e. The molecule has 1 N–H and O–H groups in total. The van der Waals surface area contributed by atoms with E-state index in [1.54, 1.807) is 6.07 Å². The zero-order valence-electron chi connectivity index (χ0n) is 8.45. The van der Waals surface area contributed by atoms with Crippen molar-refractivity contribution in [2.24, 2.45) is 0 Å². The number of nitrogens with one attached hydrogen (secondary N) is 1. The van der Waals surface area contributed by atoms with Gasteiger partial charge in [0.2, 0.25) is 0 Å². The third-order valence-corrected chi connectivity index (χ3v) is 2.08. The summed E-state index contributed by atoms with van der Waals surface area (Å²) in [7, 11) is 0. The second-order valence-corrected chi connectivity index (χ2v) is 3.36. The molecule has 0 saturated heterocycles. The number of rotatable bonds is 4. The minimum atomic E-state index is -4.08. The Kier molecular flexibility index (Phi) is 2.86. The number of hydrogen-bond donors (Lipinski definition) is 1. The molecule has 0 amide bonds. The molecule has 4 nitrogen and oxygen atoms in total. The number of fused-ring (bicyclic) bond motifs is 1. The lowest BCUT2D eigenvalue weighted by Gasteiger charge is -2.15. The highest BCUT2D eigenvalue weighted by molar-refractivity contribution is 5.45. The van der Waals surface area contributed by atoms with Gasteiger partial charge in [0.05, 0.1) is 12.7 Å². The fourth-order valence-electron chi connectivity index (χ4n) is 1.20. The second kappa shape index (κ2) is 4.19.